The van der Waals surface area contributed by atoms with Crippen LogP contribution in [0.3, 0.4) is 0 Å². The van der Waals surface area contributed by atoms with Crippen molar-refractivity contribution < 1.29 is 9.47 Å². The van der Waals surface area contributed by atoms with E-state index in [-0.39, 0.29) is 5.60 Å². The van der Waals surface area contributed by atoms with E-state index >= 15 is 0 Å². The number of likely N-dealkylation sites (N-methyl/N-ethyl adjacent to an activating group) is 1. The average Bonchev–Trinajstić information content (AvgIpc) is 2.70. The third-order valence-electron chi connectivity index (χ3n) is 2.06. The molecule has 1 heterocycles. The Morgan fingerprint density at radius 1 is 1.64 bits per heavy atom. The van der Waals surface area contributed by atoms with Gasteiger partial charge in [0.2, 0.25) is 0 Å². The minimum absolute atomic E-state index is 0.0273. The van der Waals surface area contributed by atoms with Crippen LogP contribution in [0.1, 0.15) is 6.92 Å². The molecule has 0 aliphatic carbocycles. The fourth-order valence-electron chi connectivity index (χ4n) is 1.19. The van der Waals surface area contributed by atoms with Crippen LogP contribution in [0.5, 0.6) is 0 Å². The molecule has 1 aliphatic rings. The Hall–Kier alpha value is -0.120. The SMILES string of the molecule is CCN(C)CC1(COC)CO1. The molecule has 0 spiro atoms. The molecule has 0 amide bonds. The number of nitrogens with zero attached hydrogens (tertiary/aromatic N) is 1. The summed E-state index contributed by atoms with van der Waals surface area (Å²) in [5.41, 5.74) is 0.0273. The fourth-order valence-corrected chi connectivity index (χ4v) is 1.19. The van der Waals surface area contributed by atoms with Crippen LogP contribution in [0.2, 0.25) is 0 Å². The lowest BCUT2D eigenvalue weighted by Gasteiger charge is -2.18. The van der Waals surface area contributed by atoms with Gasteiger partial charge in [-0.15, -0.1) is 0 Å². The molecule has 11 heavy (non-hydrogen) atoms. The van der Waals surface area contributed by atoms with Gasteiger partial charge in [0.05, 0.1) is 13.2 Å². The molecule has 0 saturated carbocycles. The predicted octanol–water partition coefficient (Wildman–Crippen LogP) is 0.353. The lowest BCUT2D eigenvalue weighted by molar-refractivity contribution is 0.0984. The number of rotatable bonds is 5. The molecule has 1 atom stereocenters. The van der Waals surface area contributed by atoms with Crippen molar-refractivity contribution in [2.75, 3.05) is 40.5 Å². The second-order valence-corrected chi connectivity index (χ2v) is 3.24. The Morgan fingerprint density at radius 2 is 2.27 bits per heavy atom. The van der Waals surface area contributed by atoms with Crippen LogP contribution < -0.4 is 0 Å². The van der Waals surface area contributed by atoms with Gasteiger partial charge in [-0.3, -0.25) is 0 Å². The number of hydrogen-bond acceptors (Lipinski definition) is 3. The molecular formula is C8H17NO2. The van der Waals surface area contributed by atoms with Gasteiger partial charge in [-0.2, -0.15) is 0 Å². The molecule has 3 nitrogen and oxygen atoms in total. The number of epoxide rings is 1. The maximum absolute atomic E-state index is 5.34. The normalized spacial score (nSPS) is 29.5. The molecule has 0 bridgehead atoms. The molecule has 0 aromatic heterocycles. The Bertz CT molecular complexity index is 123. The van der Waals surface area contributed by atoms with E-state index in [0.717, 1.165) is 26.3 Å². The summed E-state index contributed by atoms with van der Waals surface area (Å²) in [6, 6.07) is 0. The van der Waals surface area contributed by atoms with Crippen LogP contribution in [0.4, 0.5) is 0 Å². The van der Waals surface area contributed by atoms with Crippen LogP contribution in [-0.2, 0) is 9.47 Å². The van der Waals surface area contributed by atoms with Gasteiger partial charge in [0.1, 0.15) is 5.60 Å². The van der Waals surface area contributed by atoms with E-state index in [4.69, 9.17) is 9.47 Å². The van der Waals surface area contributed by atoms with E-state index in [1.165, 1.54) is 0 Å². The number of ether oxygens (including phenoxy) is 2. The van der Waals surface area contributed by atoms with E-state index in [9.17, 15) is 0 Å². The Balaban J connectivity index is 2.23. The Labute approximate surface area is 68.3 Å². The van der Waals surface area contributed by atoms with Crippen molar-refractivity contribution in [2.45, 2.75) is 12.5 Å². The van der Waals surface area contributed by atoms with Crippen molar-refractivity contribution in [1.82, 2.24) is 4.90 Å². The lowest BCUT2D eigenvalue weighted by atomic mass is 10.2. The predicted molar refractivity (Wildman–Crippen MR) is 43.7 cm³/mol. The minimum atomic E-state index is 0.0273. The largest absolute Gasteiger partial charge is 0.382 e. The van der Waals surface area contributed by atoms with Crippen molar-refractivity contribution in [3.8, 4) is 0 Å². The first-order chi connectivity index (χ1) is 5.22. The first kappa shape index (κ1) is 8.97. The van der Waals surface area contributed by atoms with Gasteiger partial charge in [-0.05, 0) is 13.6 Å². The third-order valence-corrected chi connectivity index (χ3v) is 2.06. The fraction of sp³-hybridized carbons (Fsp3) is 1.00. The number of hydrogen-bond donors (Lipinski definition) is 0. The smallest absolute Gasteiger partial charge is 0.127 e. The Morgan fingerprint density at radius 3 is 2.64 bits per heavy atom. The second kappa shape index (κ2) is 3.52. The molecule has 66 valence electrons. The first-order valence-electron chi connectivity index (χ1n) is 4.04. The average molecular weight is 159 g/mol. The zero-order chi connectivity index (χ0) is 8.32. The van der Waals surface area contributed by atoms with E-state index in [1.807, 2.05) is 0 Å². The zero-order valence-corrected chi connectivity index (χ0v) is 7.59. The van der Waals surface area contributed by atoms with E-state index < -0.39 is 0 Å². The molecule has 1 rings (SSSR count). The molecule has 0 aromatic rings. The molecule has 3 heteroatoms. The van der Waals surface area contributed by atoms with Crippen LogP contribution in [0, 0.1) is 0 Å². The topological polar surface area (TPSA) is 25.0 Å². The van der Waals surface area contributed by atoms with Crippen LogP contribution in [-0.4, -0.2) is 51.0 Å². The van der Waals surface area contributed by atoms with Crippen molar-refractivity contribution in [3.05, 3.63) is 0 Å². The van der Waals surface area contributed by atoms with Crippen LogP contribution >= 0.6 is 0 Å². The van der Waals surface area contributed by atoms with Crippen LogP contribution in [0.15, 0.2) is 0 Å². The molecule has 1 unspecified atom stereocenters. The molecule has 1 saturated heterocycles. The maximum atomic E-state index is 5.34. The number of methoxy groups -OCH3 is 1. The minimum Gasteiger partial charge on any atom is -0.382 e. The summed E-state index contributed by atoms with van der Waals surface area (Å²) in [6.45, 7) is 5.76. The third kappa shape index (κ3) is 2.43. The van der Waals surface area contributed by atoms with Gasteiger partial charge < -0.3 is 14.4 Å². The van der Waals surface area contributed by atoms with Gasteiger partial charge in [0.15, 0.2) is 0 Å². The summed E-state index contributed by atoms with van der Waals surface area (Å²) in [7, 11) is 3.81. The van der Waals surface area contributed by atoms with E-state index in [2.05, 4.69) is 18.9 Å². The molecule has 0 radical (unpaired) electrons. The van der Waals surface area contributed by atoms with Crippen molar-refractivity contribution >= 4 is 0 Å². The van der Waals surface area contributed by atoms with Crippen molar-refractivity contribution in [2.24, 2.45) is 0 Å². The highest BCUT2D eigenvalue weighted by molar-refractivity contribution is 4.94. The lowest BCUT2D eigenvalue weighted by Crippen LogP contribution is -2.34. The monoisotopic (exact) mass is 159 g/mol. The van der Waals surface area contributed by atoms with Gasteiger partial charge in [0.25, 0.3) is 0 Å². The molecule has 1 fully saturated rings. The van der Waals surface area contributed by atoms with Crippen molar-refractivity contribution in [3.63, 3.8) is 0 Å². The molecule has 1 aliphatic heterocycles. The quantitative estimate of drug-likeness (QED) is 0.541. The molecule has 0 N–H and O–H groups in total. The summed E-state index contributed by atoms with van der Waals surface area (Å²) >= 11 is 0. The second-order valence-electron chi connectivity index (χ2n) is 3.24. The van der Waals surface area contributed by atoms with E-state index in [0.29, 0.717) is 0 Å². The highest BCUT2D eigenvalue weighted by atomic mass is 16.6. The summed E-state index contributed by atoms with van der Waals surface area (Å²) in [4.78, 5) is 2.24. The first-order valence-corrected chi connectivity index (χ1v) is 4.04. The molecule has 0 aromatic carbocycles. The van der Waals surface area contributed by atoms with Crippen LogP contribution in [0.25, 0.3) is 0 Å². The summed E-state index contributed by atoms with van der Waals surface area (Å²) in [5, 5.41) is 0. The standard InChI is InChI=1S/C8H17NO2/c1-4-9(2)5-8(6-10-3)7-11-8/h4-7H2,1-3H3. The summed E-state index contributed by atoms with van der Waals surface area (Å²) in [6.07, 6.45) is 0. The summed E-state index contributed by atoms with van der Waals surface area (Å²) in [5.74, 6) is 0. The van der Waals surface area contributed by atoms with Gasteiger partial charge in [-0.1, -0.05) is 6.92 Å². The summed E-state index contributed by atoms with van der Waals surface area (Å²) < 4.78 is 10.4. The maximum Gasteiger partial charge on any atom is 0.127 e. The van der Waals surface area contributed by atoms with Gasteiger partial charge >= 0.3 is 0 Å². The highest BCUT2D eigenvalue weighted by Crippen LogP contribution is 2.27. The van der Waals surface area contributed by atoms with Gasteiger partial charge in [-0.25, -0.2) is 0 Å². The van der Waals surface area contributed by atoms with Gasteiger partial charge in [0, 0.05) is 13.7 Å². The van der Waals surface area contributed by atoms with E-state index in [1.54, 1.807) is 7.11 Å². The Kier molecular flexibility index (Phi) is 2.87. The van der Waals surface area contributed by atoms with Crippen molar-refractivity contribution in [1.29, 1.82) is 0 Å². The zero-order valence-electron chi connectivity index (χ0n) is 7.59. The molecular weight excluding hydrogens is 142 g/mol. The highest BCUT2D eigenvalue weighted by Gasteiger charge is 2.45.